The minimum absolute atomic E-state index is 0.122. The van der Waals surface area contributed by atoms with Crippen molar-refractivity contribution in [2.24, 2.45) is 0 Å². The van der Waals surface area contributed by atoms with Gasteiger partial charge in [-0.1, -0.05) is 35.3 Å². The lowest BCUT2D eigenvalue weighted by Gasteiger charge is -2.17. The molecule has 0 N–H and O–H groups in total. The van der Waals surface area contributed by atoms with Crippen LogP contribution < -0.4 is 4.90 Å². The van der Waals surface area contributed by atoms with Gasteiger partial charge in [0.1, 0.15) is 5.82 Å². The van der Waals surface area contributed by atoms with Crippen LogP contribution in [0.15, 0.2) is 36.4 Å². The van der Waals surface area contributed by atoms with Crippen LogP contribution in [0.2, 0.25) is 10.0 Å². The number of Topliss-reactive ketones (excluding diaryl/α,β-unsaturated/α-hetero) is 1. The van der Waals surface area contributed by atoms with Crippen LogP contribution >= 0.6 is 23.2 Å². The fourth-order valence-corrected chi connectivity index (χ4v) is 2.78. The highest BCUT2D eigenvalue weighted by Crippen LogP contribution is 2.36. The van der Waals surface area contributed by atoms with Crippen LogP contribution in [0.5, 0.6) is 0 Å². The summed E-state index contributed by atoms with van der Waals surface area (Å²) in [4.78, 5) is 25.3. The van der Waals surface area contributed by atoms with Crippen molar-refractivity contribution in [1.29, 1.82) is 0 Å². The standard InChI is InChI=1S/C15H8Cl2FNO2/c16-9-3-1-5-11(18)8(9)7-19-12-6-2-4-10(17)13(12)14(20)15(19)21/h1-6H,7H2. The molecule has 0 radical (unpaired) electrons. The van der Waals surface area contributed by atoms with Crippen LogP contribution in [0.3, 0.4) is 0 Å². The molecule has 0 saturated heterocycles. The summed E-state index contributed by atoms with van der Waals surface area (Å²) in [5.41, 5.74) is 0.682. The van der Waals surface area contributed by atoms with Gasteiger partial charge in [-0.25, -0.2) is 4.39 Å². The smallest absolute Gasteiger partial charge is 0.299 e. The highest BCUT2D eigenvalue weighted by Gasteiger charge is 2.37. The van der Waals surface area contributed by atoms with Gasteiger partial charge in [0.05, 0.1) is 22.8 Å². The van der Waals surface area contributed by atoms with E-state index in [1.165, 1.54) is 29.2 Å². The summed E-state index contributed by atoms with van der Waals surface area (Å²) in [6.07, 6.45) is 0. The third-order valence-corrected chi connectivity index (χ3v) is 4.00. The second kappa shape index (κ2) is 5.13. The Morgan fingerprint density at radius 1 is 1.00 bits per heavy atom. The van der Waals surface area contributed by atoms with E-state index in [0.717, 1.165) is 0 Å². The van der Waals surface area contributed by atoms with Crippen molar-refractivity contribution >= 4 is 40.6 Å². The molecule has 21 heavy (non-hydrogen) atoms. The highest BCUT2D eigenvalue weighted by atomic mass is 35.5. The summed E-state index contributed by atoms with van der Waals surface area (Å²) in [5.74, 6) is -1.96. The number of hydrogen-bond donors (Lipinski definition) is 0. The number of halogens is 3. The molecule has 0 atom stereocenters. The van der Waals surface area contributed by atoms with Crippen molar-refractivity contribution in [1.82, 2.24) is 0 Å². The first kappa shape index (κ1) is 14.0. The van der Waals surface area contributed by atoms with Crippen LogP contribution in [0.25, 0.3) is 0 Å². The molecule has 2 aromatic rings. The van der Waals surface area contributed by atoms with E-state index in [4.69, 9.17) is 23.2 Å². The van der Waals surface area contributed by atoms with Gasteiger partial charge in [-0.2, -0.15) is 0 Å². The van der Waals surface area contributed by atoms with Crippen molar-refractivity contribution in [2.45, 2.75) is 6.54 Å². The summed E-state index contributed by atoms with van der Waals surface area (Å²) in [7, 11) is 0. The minimum atomic E-state index is -0.739. The summed E-state index contributed by atoms with van der Waals surface area (Å²) in [5, 5.41) is 0.402. The van der Waals surface area contributed by atoms with Crippen LogP contribution in [0.4, 0.5) is 10.1 Å². The molecule has 2 aromatic carbocycles. The number of amides is 1. The maximum Gasteiger partial charge on any atom is 0.299 e. The van der Waals surface area contributed by atoms with Crippen molar-refractivity contribution in [3.05, 3.63) is 63.4 Å². The quantitative estimate of drug-likeness (QED) is 0.787. The Hall–Kier alpha value is -1.91. The molecular formula is C15H8Cl2FNO2. The normalized spacial score (nSPS) is 13.8. The molecular weight excluding hydrogens is 316 g/mol. The average Bonchev–Trinajstić information content (AvgIpc) is 2.68. The largest absolute Gasteiger partial charge is 0.300 e. The molecule has 3 nitrogen and oxygen atoms in total. The number of anilines is 1. The van der Waals surface area contributed by atoms with Crippen molar-refractivity contribution in [3.63, 3.8) is 0 Å². The lowest BCUT2D eigenvalue weighted by molar-refractivity contribution is -0.114. The van der Waals surface area contributed by atoms with Gasteiger partial charge in [0.25, 0.3) is 11.7 Å². The Morgan fingerprint density at radius 2 is 1.67 bits per heavy atom. The predicted octanol–water partition coefficient (Wildman–Crippen LogP) is 3.86. The van der Waals surface area contributed by atoms with Gasteiger partial charge in [-0.3, -0.25) is 9.59 Å². The predicted molar refractivity (Wildman–Crippen MR) is 78.4 cm³/mol. The first-order chi connectivity index (χ1) is 10.0. The van der Waals surface area contributed by atoms with E-state index in [9.17, 15) is 14.0 Å². The second-order valence-electron chi connectivity index (χ2n) is 4.55. The van der Waals surface area contributed by atoms with Crippen molar-refractivity contribution in [3.8, 4) is 0 Å². The molecule has 1 heterocycles. The number of nitrogens with zero attached hydrogens (tertiary/aromatic N) is 1. The van der Waals surface area contributed by atoms with Gasteiger partial charge in [-0.05, 0) is 24.3 Å². The van der Waals surface area contributed by atoms with Crippen molar-refractivity contribution < 1.29 is 14.0 Å². The lowest BCUT2D eigenvalue weighted by Crippen LogP contribution is -2.29. The van der Waals surface area contributed by atoms with E-state index in [0.29, 0.717) is 5.69 Å². The third-order valence-electron chi connectivity index (χ3n) is 3.33. The molecule has 106 valence electrons. The fraction of sp³-hybridized carbons (Fsp3) is 0.0667. The number of hydrogen-bond acceptors (Lipinski definition) is 2. The summed E-state index contributed by atoms with van der Waals surface area (Å²) >= 11 is 11.9. The first-order valence-corrected chi connectivity index (χ1v) is 6.84. The Labute approximate surface area is 129 Å². The van der Waals surface area contributed by atoms with E-state index in [2.05, 4.69) is 0 Å². The summed E-state index contributed by atoms with van der Waals surface area (Å²) < 4.78 is 13.8. The summed E-state index contributed by atoms with van der Waals surface area (Å²) in [6, 6.07) is 9.01. The monoisotopic (exact) mass is 323 g/mol. The lowest BCUT2D eigenvalue weighted by atomic mass is 10.1. The third kappa shape index (κ3) is 2.20. The first-order valence-electron chi connectivity index (χ1n) is 6.08. The number of ketones is 1. The number of carbonyl (C=O) groups excluding carboxylic acids is 2. The second-order valence-corrected chi connectivity index (χ2v) is 5.37. The average molecular weight is 324 g/mol. The molecule has 0 fully saturated rings. The summed E-state index contributed by atoms with van der Waals surface area (Å²) in [6.45, 7) is -0.122. The molecule has 0 aromatic heterocycles. The molecule has 1 amide bonds. The van der Waals surface area contributed by atoms with Gasteiger partial charge >= 0.3 is 0 Å². The van der Waals surface area contributed by atoms with Gasteiger partial charge in [0.15, 0.2) is 0 Å². The van der Waals surface area contributed by atoms with Gasteiger partial charge < -0.3 is 4.90 Å². The Morgan fingerprint density at radius 3 is 2.38 bits per heavy atom. The molecule has 1 aliphatic heterocycles. The molecule has 0 bridgehead atoms. The zero-order chi connectivity index (χ0) is 15.1. The number of benzene rings is 2. The molecule has 6 heteroatoms. The van der Waals surface area contributed by atoms with E-state index in [1.807, 2.05) is 0 Å². The van der Waals surface area contributed by atoms with Crippen LogP contribution in [0, 0.1) is 5.82 Å². The molecule has 1 aliphatic rings. The van der Waals surface area contributed by atoms with Gasteiger partial charge in [0.2, 0.25) is 0 Å². The van der Waals surface area contributed by atoms with E-state index >= 15 is 0 Å². The zero-order valence-corrected chi connectivity index (χ0v) is 12.1. The van der Waals surface area contributed by atoms with E-state index in [1.54, 1.807) is 12.1 Å². The molecule has 0 aliphatic carbocycles. The minimum Gasteiger partial charge on any atom is -0.300 e. The Kier molecular flexibility index (Phi) is 3.43. The fourth-order valence-electron chi connectivity index (χ4n) is 2.30. The Bertz CT molecular complexity index is 756. The molecule has 3 rings (SSSR count). The maximum atomic E-state index is 13.8. The van der Waals surface area contributed by atoms with Crippen LogP contribution in [-0.4, -0.2) is 11.7 Å². The molecule has 0 unspecified atom stereocenters. The molecule has 0 saturated carbocycles. The zero-order valence-electron chi connectivity index (χ0n) is 10.6. The van der Waals surface area contributed by atoms with Gasteiger partial charge in [0, 0.05) is 10.6 Å². The number of rotatable bonds is 2. The van der Waals surface area contributed by atoms with Crippen LogP contribution in [-0.2, 0) is 11.3 Å². The maximum absolute atomic E-state index is 13.8. The van der Waals surface area contributed by atoms with Gasteiger partial charge in [-0.15, -0.1) is 0 Å². The van der Waals surface area contributed by atoms with E-state index < -0.39 is 17.5 Å². The van der Waals surface area contributed by atoms with Crippen molar-refractivity contribution in [2.75, 3.05) is 4.90 Å². The number of carbonyl (C=O) groups is 2. The highest BCUT2D eigenvalue weighted by molar-refractivity contribution is 6.55. The van der Waals surface area contributed by atoms with Crippen LogP contribution in [0.1, 0.15) is 15.9 Å². The molecule has 0 spiro atoms. The Balaban J connectivity index is 2.07. The van der Waals surface area contributed by atoms with E-state index in [-0.39, 0.29) is 27.7 Å². The SMILES string of the molecule is O=C1C(=O)N(Cc2c(F)cccc2Cl)c2cccc(Cl)c21. The number of fused-ring (bicyclic) bond motifs is 1. The topological polar surface area (TPSA) is 37.4 Å².